The number of rotatable bonds is 7. The minimum atomic E-state index is -0.677. The van der Waals surface area contributed by atoms with Gasteiger partial charge in [-0.15, -0.1) is 5.92 Å². The summed E-state index contributed by atoms with van der Waals surface area (Å²) in [5.41, 5.74) is 7.10. The van der Waals surface area contributed by atoms with E-state index in [-0.39, 0.29) is 35.8 Å². The summed E-state index contributed by atoms with van der Waals surface area (Å²) in [5, 5.41) is 38.7. The minimum absolute atomic E-state index is 0.00605. The number of aromatic hydroxyl groups is 1. The van der Waals surface area contributed by atoms with Gasteiger partial charge in [-0.05, 0) is 81.3 Å². The van der Waals surface area contributed by atoms with Crippen molar-refractivity contribution in [3.8, 4) is 23.3 Å². The van der Waals surface area contributed by atoms with Crippen molar-refractivity contribution >= 4 is 11.9 Å². The SMILES string of the molecule is CN=C(N)N[C@@H]1CCCC[C@@]12C#CC[C@@H](Cc1cc(OC3CCNCC3)c(O)cc1CO)[C@H](OC(C)=O)C[C@@H](O)CC2. The summed E-state index contributed by atoms with van der Waals surface area (Å²) in [4.78, 5) is 16.3. The number of nitrogens with one attached hydrogen (secondary N) is 2. The number of phenols is 1. The maximum atomic E-state index is 12.2. The molecule has 5 atom stereocenters. The van der Waals surface area contributed by atoms with Gasteiger partial charge in [0, 0.05) is 38.8 Å². The van der Waals surface area contributed by atoms with Crippen molar-refractivity contribution in [1.29, 1.82) is 0 Å². The molecular formula is C32H48N4O6. The van der Waals surface area contributed by atoms with E-state index in [4.69, 9.17) is 15.2 Å². The summed E-state index contributed by atoms with van der Waals surface area (Å²) in [7, 11) is 1.66. The number of guanidine groups is 1. The minimum Gasteiger partial charge on any atom is -0.504 e. The molecule has 1 saturated heterocycles. The Morgan fingerprint density at radius 2 is 1.98 bits per heavy atom. The van der Waals surface area contributed by atoms with Crippen LogP contribution >= 0.6 is 0 Å². The first-order valence-corrected chi connectivity index (χ1v) is 15.4. The smallest absolute Gasteiger partial charge is 0.302 e. The molecule has 1 aromatic carbocycles. The number of aliphatic hydroxyl groups excluding tert-OH is 2. The fourth-order valence-corrected chi connectivity index (χ4v) is 6.72. The molecule has 1 heterocycles. The Balaban J connectivity index is 1.66. The molecule has 2 aliphatic carbocycles. The van der Waals surface area contributed by atoms with Gasteiger partial charge in [0.05, 0.1) is 18.1 Å². The molecular weight excluding hydrogens is 536 g/mol. The second kappa shape index (κ2) is 14.9. The van der Waals surface area contributed by atoms with E-state index in [9.17, 15) is 20.1 Å². The first-order chi connectivity index (χ1) is 20.2. The van der Waals surface area contributed by atoms with Crippen molar-refractivity contribution in [3.05, 3.63) is 23.3 Å². The van der Waals surface area contributed by atoms with Crippen LogP contribution in [0.15, 0.2) is 17.1 Å². The van der Waals surface area contributed by atoms with E-state index in [0.29, 0.717) is 49.4 Å². The highest BCUT2D eigenvalue weighted by Crippen LogP contribution is 2.42. The van der Waals surface area contributed by atoms with Crippen molar-refractivity contribution < 1.29 is 29.6 Å². The molecule has 0 unspecified atom stereocenters. The van der Waals surface area contributed by atoms with E-state index in [2.05, 4.69) is 27.5 Å². The predicted molar refractivity (Wildman–Crippen MR) is 161 cm³/mol. The Bertz CT molecular complexity index is 1160. The number of benzene rings is 1. The van der Waals surface area contributed by atoms with E-state index in [0.717, 1.165) is 57.2 Å². The predicted octanol–water partition coefficient (Wildman–Crippen LogP) is 2.51. The molecule has 4 rings (SSSR count). The van der Waals surface area contributed by atoms with Crippen LogP contribution in [0.25, 0.3) is 0 Å². The number of aliphatic imine (C=N–C) groups is 1. The maximum Gasteiger partial charge on any atom is 0.302 e. The van der Waals surface area contributed by atoms with Crippen LogP contribution in [-0.4, -0.2) is 71.7 Å². The van der Waals surface area contributed by atoms with Crippen LogP contribution in [0.2, 0.25) is 0 Å². The monoisotopic (exact) mass is 584 g/mol. The van der Waals surface area contributed by atoms with E-state index in [1.807, 2.05) is 0 Å². The van der Waals surface area contributed by atoms with E-state index < -0.39 is 18.2 Å². The lowest BCUT2D eigenvalue weighted by molar-refractivity contribution is -0.151. The van der Waals surface area contributed by atoms with Crippen molar-refractivity contribution in [3.63, 3.8) is 0 Å². The van der Waals surface area contributed by atoms with Gasteiger partial charge in [0.1, 0.15) is 12.2 Å². The Kier molecular flexibility index (Phi) is 11.4. The first-order valence-electron chi connectivity index (χ1n) is 15.4. The molecule has 0 amide bonds. The van der Waals surface area contributed by atoms with Gasteiger partial charge in [-0.25, -0.2) is 0 Å². The molecule has 10 heteroatoms. The van der Waals surface area contributed by atoms with Crippen molar-refractivity contribution in [2.24, 2.45) is 22.1 Å². The highest BCUT2D eigenvalue weighted by Gasteiger charge is 2.41. The fourth-order valence-electron chi connectivity index (χ4n) is 6.72. The number of nitrogens with zero attached hydrogens (tertiary/aromatic N) is 1. The lowest BCUT2D eigenvalue weighted by Crippen LogP contribution is -2.51. The molecule has 7 N–H and O–H groups in total. The van der Waals surface area contributed by atoms with E-state index in [1.165, 1.54) is 6.92 Å². The number of phenolic OH excluding ortho intramolecular Hbond substituents is 1. The summed E-state index contributed by atoms with van der Waals surface area (Å²) in [6, 6.07) is 3.39. The Morgan fingerprint density at radius 3 is 2.69 bits per heavy atom. The molecule has 0 aromatic heterocycles. The third-order valence-corrected chi connectivity index (χ3v) is 9.08. The van der Waals surface area contributed by atoms with Gasteiger partial charge in [-0.1, -0.05) is 18.8 Å². The number of nitrogens with two attached hydrogens (primary N) is 1. The number of carbonyl (C=O) groups is 1. The number of esters is 1. The summed E-state index contributed by atoms with van der Waals surface area (Å²) in [6.07, 6.45) is 6.80. The average molecular weight is 585 g/mol. The molecule has 0 bridgehead atoms. The second-order valence-electron chi connectivity index (χ2n) is 12.1. The number of hydrogen-bond acceptors (Lipinski definition) is 8. The number of hydrogen-bond donors (Lipinski definition) is 6. The average Bonchev–Trinajstić information content (AvgIpc) is 2.97. The van der Waals surface area contributed by atoms with Crippen molar-refractivity contribution in [1.82, 2.24) is 10.6 Å². The summed E-state index contributed by atoms with van der Waals surface area (Å²) in [5.74, 6) is 7.17. The molecule has 0 radical (unpaired) electrons. The zero-order valence-electron chi connectivity index (χ0n) is 25.0. The fraction of sp³-hybridized carbons (Fsp3) is 0.688. The molecule has 1 aromatic rings. The van der Waals surface area contributed by atoms with E-state index in [1.54, 1.807) is 19.2 Å². The normalized spacial score (nSPS) is 29.3. The largest absolute Gasteiger partial charge is 0.504 e. The van der Waals surface area contributed by atoms with Crippen LogP contribution in [0, 0.1) is 23.2 Å². The molecule has 1 spiro atoms. The summed E-state index contributed by atoms with van der Waals surface area (Å²) in [6.45, 7) is 2.84. The second-order valence-corrected chi connectivity index (χ2v) is 12.1. The number of aliphatic hydroxyl groups is 2. The maximum absolute atomic E-state index is 12.2. The van der Waals surface area contributed by atoms with Crippen LogP contribution in [0.4, 0.5) is 0 Å². The zero-order valence-corrected chi connectivity index (χ0v) is 25.0. The molecule has 2 fully saturated rings. The molecule has 1 aliphatic heterocycles. The molecule has 3 aliphatic rings. The van der Waals surface area contributed by atoms with Gasteiger partial charge in [0.15, 0.2) is 17.5 Å². The van der Waals surface area contributed by atoms with Gasteiger partial charge in [-0.3, -0.25) is 9.79 Å². The summed E-state index contributed by atoms with van der Waals surface area (Å²) < 4.78 is 12.0. The molecule has 42 heavy (non-hydrogen) atoms. The number of piperidine rings is 1. The Hall–Kier alpha value is -3.00. The topological polar surface area (TPSA) is 159 Å². The Morgan fingerprint density at radius 1 is 1.19 bits per heavy atom. The third-order valence-electron chi connectivity index (χ3n) is 9.08. The van der Waals surface area contributed by atoms with Gasteiger partial charge in [-0.2, -0.15) is 0 Å². The Labute approximate surface area is 249 Å². The van der Waals surface area contributed by atoms with Crippen LogP contribution in [0.5, 0.6) is 11.5 Å². The van der Waals surface area contributed by atoms with Crippen LogP contribution in [0.1, 0.15) is 82.3 Å². The standard InChI is InChI=1S/C32H48N4O6/c1-21(38)41-28-19-25(39)8-13-32(11-4-3-7-30(32)36-31(33)34-2)12-5-6-22(28)16-23-18-29(27(40)17-24(23)20-37)42-26-9-14-35-15-10-26/h17-18,22,25-26,28,30,35,37,39-40H,3-4,6-11,13-16,19-20H2,1-2H3,(H3,33,34,36)/t22-,25-,28+,30+,32-/m0/s1. The lowest BCUT2D eigenvalue weighted by atomic mass is 9.67. The van der Waals surface area contributed by atoms with Crippen molar-refractivity contribution in [2.75, 3.05) is 20.1 Å². The number of carbonyl (C=O) groups excluding carboxylic acids is 1. The lowest BCUT2D eigenvalue weighted by Gasteiger charge is -2.42. The summed E-state index contributed by atoms with van der Waals surface area (Å²) >= 11 is 0. The van der Waals surface area contributed by atoms with Gasteiger partial charge in [0.2, 0.25) is 0 Å². The molecule has 10 nitrogen and oxygen atoms in total. The van der Waals surface area contributed by atoms with Gasteiger partial charge < -0.3 is 41.2 Å². The first kappa shape index (κ1) is 31.9. The van der Waals surface area contributed by atoms with Crippen LogP contribution in [0.3, 0.4) is 0 Å². The molecule has 232 valence electrons. The van der Waals surface area contributed by atoms with E-state index >= 15 is 0 Å². The van der Waals surface area contributed by atoms with Gasteiger partial charge >= 0.3 is 5.97 Å². The number of ether oxygens (including phenoxy) is 2. The van der Waals surface area contributed by atoms with Gasteiger partial charge in [0.25, 0.3) is 0 Å². The van der Waals surface area contributed by atoms with Crippen LogP contribution in [-0.2, 0) is 22.6 Å². The third kappa shape index (κ3) is 8.30. The quantitative estimate of drug-likeness (QED) is 0.123. The zero-order chi connectivity index (χ0) is 30.1. The van der Waals surface area contributed by atoms with Crippen molar-refractivity contribution in [2.45, 2.75) is 109 Å². The highest BCUT2D eigenvalue weighted by molar-refractivity contribution is 5.78. The van der Waals surface area contributed by atoms with Crippen LogP contribution < -0.4 is 21.1 Å². The molecule has 1 saturated carbocycles. The highest BCUT2D eigenvalue weighted by atomic mass is 16.5.